The Morgan fingerprint density at radius 3 is 1.84 bits per heavy atom. The van der Waals surface area contributed by atoms with Gasteiger partial charge >= 0.3 is 0 Å². The molecule has 4 aromatic rings. The highest BCUT2D eigenvalue weighted by Gasteiger charge is 2.25. The lowest BCUT2D eigenvalue weighted by molar-refractivity contribution is 0.112. The normalized spacial score (nSPS) is 11.1. The molecule has 0 saturated heterocycles. The number of carbonyl (C=O) groups is 1. The van der Waals surface area contributed by atoms with Crippen LogP contribution in [0.1, 0.15) is 10.4 Å². The molecular formula is C22H18NOP. The van der Waals surface area contributed by atoms with E-state index >= 15 is 0 Å². The summed E-state index contributed by atoms with van der Waals surface area (Å²) in [6.07, 6.45) is 1.01. The summed E-state index contributed by atoms with van der Waals surface area (Å²) >= 11 is 0. The van der Waals surface area contributed by atoms with E-state index in [1.54, 1.807) is 0 Å². The first-order chi connectivity index (χ1) is 12.3. The summed E-state index contributed by atoms with van der Waals surface area (Å²) in [5.74, 6) is 0. The quantitative estimate of drug-likeness (QED) is 0.409. The third-order valence-corrected chi connectivity index (χ3v) is 7.07. The number of nitrogens with zero attached hydrogens (tertiary/aromatic N) is 1. The van der Waals surface area contributed by atoms with E-state index in [2.05, 4.69) is 66.2 Å². The van der Waals surface area contributed by atoms with Crippen LogP contribution in [0.4, 0.5) is 0 Å². The second-order valence-electron chi connectivity index (χ2n) is 5.94. The van der Waals surface area contributed by atoms with Crippen molar-refractivity contribution >= 4 is 41.2 Å². The number of carbonyl (C=O) groups excluding carboxylic acids is 1. The van der Waals surface area contributed by atoms with Crippen molar-refractivity contribution in [2.75, 3.05) is 0 Å². The first kappa shape index (κ1) is 15.8. The average molecular weight is 343 g/mol. The maximum Gasteiger partial charge on any atom is 0.152 e. The van der Waals surface area contributed by atoms with Crippen LogP contribution in [0.2, 0.25) is 0 Å². The molecule has 2 nitrogen and oxygen atoms in total. The lowest BCUT2D eigenvalue weighted by Crippen LogP contribution is -2.27. The van der Waals surface area contributed by atoms with Crippen LogP contribution in [0.3, 0.4) is 0 Å². The lowest BCUT2D eigenvalue weighted by Gasteiger charge is -2.20. The zero-order valence-electron chi connectivity index (χ0n) is 14.0. The zero-order chi connectivity index (χ0) is 17.2. The number of hydrogen-bond donors (Lipinski definition) is 0. The average Bonchev–Trinajstić information content (AvgIpc) is 2.96. The number of aldehydes is 1. The van der Waals surface area contributed by atoms with E-state index in [-0.39, 0.29) is 0 Å². The van der Waals surface area contributed by atoms with E-state index < -0.39 is 7.92 Å². The molecule has 4 rings (SSSR count). The summed E-state index contributed by atoms with van der Waals surface area (Å²) < 4.78 is 2.19. The van der Waals surface area contributed by atoms with Crippen molar-refractivity contribution in [3.8, 4) is 0 Å². The van der Waals surface area contributed by atoms with Crippen molar-refractivity contribution in [2.45, 2.75) is 0 Å². The molecule has 0 aliphatic carbocycles. The van der Waals surface area contributed by atoms with Crippen LogP contribution in [-0.4, -0.2) is 10.9 Å². The molecule has 0 aliphatic rings. The number of fused-ring (bicyclic) bond motifs is 1. The molecule has 0 aliphatic heterocycles. The Kier molecular flexibility index (Phi) is 4.21. The van der Waals surface area contributed by atoms with Crippen molar-refractivity contribution in [3.05, 3.63) is 90.5 Å². The Balaban J connectivity index is 2.06. The molecule has 0 radical (unpaired) electrons. The van der Waals surface area contributed by atoms with Gasteiger partial charge in [-0.05, 0) is 16.7 Å². The number of benzene rings is 3. The summed E-state index contributed by atoms with van der Waals surface area (Å²) in [5.41, 5.74) is 3.00. The molecule has 0 N–H and O–H groups in total. The second-order valence-corrected chi connectivity index (χ2v) is 8.07. The zero-order valence-corrected chi connectivity index (χ0v) is 14.9. The third-order valence-electron chi connectivity index (χ3n) is 4.47. The molecule has 0 spiro atoms. The molecule has 0 unspecified atom stereocenters. The number of para-hydroxylation sites is 1. The van der Waals surface area contributed by atoms with Crippen LogP contribution in [-0.2, 0) is 7.05 Å². The van der Waals surface area contributed by atoms with Crippen molar-refractivity contribution < 1.29 is 4.79 Å². The largest absolute Gasteiger partial charge is 0.343 e. The van der Waals surface area contributed by atoms with Gasteiger partial charge in [-0.3, -0.25) is 4.79 Å². The van der Waals surface area contributed by atoms with Crippen LogP contribution in [0, 0.1) is 0 Å². The first-order valence-electron chi connectivity index (χ1n) is 8.24. The van der Waals surface area contributed by atoms with E-state index in [1.165, 1.54) is 10.6 Å². The highest BCUT2D eigenvalue weighted by atomic mass is 31.1. The van der Waals surface area contributed by atoms with Crippen molar-refractivity contribution in [3.63, 3.8) is 0 Å². The minimum Gasteiger partial charge on any atom is -0.343 e. The minimum absolute atomic E-state index is 0.803. The Labute approximate surface area is 148 Å². The van der Waals surface area contributed by atoms with Gasteiger partial charge < -0.3 is 4.57 Å². The monoisotopic (exact) mass is 343 g/mol. The topological polar surface area (TPSA) is 22.0 Å². The number of rotatable bonds is 4. The van der Waals surface area contributed by atoms with Crippen LogP contribution in [0.25, 0.3) is 10.9 Å². The first-order valence-corrected chi connectivity index (χ1v) is 9.58. The fraction of sp³-hybridized carbons (Fsp3) is 0.0455. The van der Waals surface area contributed by atoms with Gasteiger partial charge in [-0.25, -0.2) is 0 Å². The van der Waals surface area contributed by atoms with Gasteiger partial charge in [-0.2, -0.15) is 0 Å². The Hall–Kier alpha value is -2.70. The molecule has 0 bridgehead atoms. The van der Waals surface area contributed by atoms with E-state index in [4.69, 9.17) is 0 Å². The molecular weight excluding hydrogens is 325 g/mol. The van der Waals surface area contributed by atoms with Crippen molar-refractivity contribution in [1.82, 2.24) is 4.57 Å². The standard InChI is InChI=1S/C22H18NOP/c1-23-21-15-9-8-14-19(21)20(16-24)22(23)25(17-10-4-2-5-11-17)18-12-6-3-7-13-18/h2-16H,1H3. The fourth-order valence-electron chi connectivity index (χ4n) is 3.34. The predicted molar refractivity (Wildman–Crippen MR) is 107 cm³/mol. The second kappa shape index (κ2) is 6.66. The highest BCUT2D eigenvalue weighted by Crippen LogP contribution is 2.36. The molecule has 0 amide bonds. The number of aryl methyl sites for hydroxylation is 1. The molecule has 122 valence electrons. The Morgan fingerprint density at radius 2 is 1.28 bits per heavy atom. The maximum absolute atomic E-state index is 12.0. The number of aromatic nitrogens is 1. The van der Waals surface area contributed by atoms with Crippen LogP contribution >= 0.6 is 7.92 Å². The minimum atomic E-state index is -0.809. The molecule has 3 heteroatoms. The molecule has 25 heavy (non-hydrogen) atoms. The molecule has 1 heterocycles. The van der Waals surface area contributed by atoms with E-state index in [1.807, 2.05) is 30.3 Å². The lowest BCUT2D eigenvalue weighted by atomic mass is 10.2. The summed E-state index contributed by atoms with van der Waals surface area (Å²) in [6, 6.07) is 29.1. The van der Waals surface area contributed by atoms with Gasteiger partial charge in [-0.1, -0.05) is 78.9 Å². The van der Waals surface area contributed by atoms with Gasteiger partial charge in [0.1, 0.15) is 0 Å². The maximum atomic E-state index is 12.0. The van der Waals surface area contributed by atoms with Crippen LogP contribution in [0.5, 0.6) is 0 Å². The van der Waals surface area contributed by atoms with Gasteiger partial charge in [0.25, 0.3) is 0 Å². The molecule has 0 atom stereocenters. The van der Waals surface area contributed by atoms with E-state index in [9.17, 15) is 4.79 Å². The number of hydrogen-bond acceptors (Lipinski definition) is 1. The summed E-state index contributed by atoms with van der Waals surface area (Å²) in [5, 5.41) is 3.52. The summed E-state index contributed by atoms with van der Waals surface area (Å²) in [7, 11) is 1.25. The smallest absolute Gasteiger partial charge is 0.152 e. The van der Waals surface area contributed by atoms with Crippen molar-refractivity contribution in [2.24, 2.45) is 7.05 Å². The molecule has 3 aromatic carbocycles. The SMILES string of the molecule is Cn1c(P(c2ccccc2)c2ccccc2)c(C=O)c2ccccc21. The van der Waals surface area contributed by atoms with Crippen LogP contribution < -0.4 is 16.0 Å². The molecule has 0 saturated carbocycles. The Morgan fingerprint density at radius 1 is 0.760 bits per heavy atom. The van der Waals surface area contributed by atoms with Gasteiger partial charge in [0.15, 0.2) is 6.29 Å². The molecule has 0 fully saturated rings. The summed E-state index contributed by atoms with van der Waals surface area (Å²) in [4.78, 5) is 12.0. The van der Waals surface area contributed by atoms with Gasteiger partial charge in [0, 0.05) is 31.4 Å². The highest BCUT2D eigenvalue weighted by molar-refractivity contribution is 7.79. The van der Waals surface area contributed by atoms with Crippen molar-refractivity contribution in [1.29, 1.82) is 0 Å². The van der Waals surface area contributed by atoms with Gasteiger partial charge in [-0.15, -0.1) is 0 Å². The molecule has 1 aromatic heterocycles. The van der Waals surface area contributed by atoms with Crippen LogP contribution in [0.15, 0.2) is 84.9 Å². The Bertz CT molecular complexity index is 983. The van der Waals surface area contributed by atoms with E-state index in [0.717, 1.165) is 28.2 Å². The third kappa shape index (κ3) is 2.69. The van der Waals surface area contributed by atoms with E-state index in [0.29, 0.717) is 0 Å². The fourth-order valence-corrected chi connectivity index (χ4v) is 5.89. The van der Waals surface area contributed by atoms with Gasteiger partial charge in [0.2, 0.25) is 0 Å². The summed E-state index contributed by atoms with van der Waals surface area (Å²) in [6.45, 7) is 0. The predicted octanol–water partition coefficient (Wildman–Crippen LogP) is 3.75. The van der Waals surface area contributed by atoms with Gasteiger partial charge in [0.05, 0.1) is 5.44 Å².